The zero-order valence-corrected chi connectivity index (χ0v) is 23.1. The van der Waals surface area contributed by atoms with Crippen molar-refractivity contribution in [1.29, 1.82) is 0 Å². The van der Waals surface area contributed by atoms with Gasteiger partial charge in [0.25, 0.3) is 15.6 Å². The molecule has 2 aromatic heterocycles. The first kappa shape index (κ1) is 27.3. The predicted octanol–water partition coefficient (Wildman–Crippen LogP) is 4.75. The molecule has 0 fully saturated rings. The van der Waals surface area contributed by atoms with Gasteiger partial charge in [-0.05, 0) is 60.7 Å². The van der Waals surface area contributed by atoms with Gasteiger partial charge >= 0.3 is 0 Å². The van der Waals surface area contributed by atoms with E-state index in [1.54, 1.807) is 22.8 Å². The fraction of sp³-hybridized carbons (Fsp3) is 0.0741. The van der Waals surface area contributed by atoms with E-state index >= 15 is 0 Å². The van der Waals surface area contributed by atoms with E-state index in [1.165, 1.54) is 48.2 Å². The van der Waals surface area contributed by atoms with Crippen LogP contribution in [-0.2, 0) is 14.8 Å². The van der Waals surface area contributed by atoms with Crippen LogP contribution in [0.2, 0.25) is 5.15 Å². The Morgan fingerprint density at radius 3 is 2.35 bits per heavy atom. The summed E-state index contributed by atoms with van der Waals surface area (Å²) in [5.41, 5.74) is 1.52. The van der Waals surface area contributed by atoms with Gasteiger partial charge < -0.3 is 5.32 Å². The average molecular weight is 593 g/mol. The summed E-state index contributed by atoms with van der Waals surface area (Å²) in [6.45, 7) is 0. The molecule has 202 valence electrons. The van der Waals surface area contributed by atoms with Gasteiger partial charge in [0.2, 0.25) is 5.91 Å². The van der Waals surface area contributed by atoms with Crippen LogP contribution in [0.3, 0.4) is 0 Å². The van der Waals surface area contributed by atoms with Gasteiger partial charge in [0.15, 0.2) is 16.1 Å². The second-order valence-corrected chi connectivity index (χ2v) is 11.5. The van der Waals surface area contributed by atoms with E-state index in [0.29, 0.717) is 33.2 Å². The molecule has 0 aliphatic rings. The summed E-state index contributed by atoms with van der Waals surface area (Å²) in [6.07, 6.45) is 0.138. The number of para-hydroxylation sites is 2. The molecular formula is C27H21ClN6O4S2. The third-order valence-corrected chi connectivity index (χ3v) is 8.15. The van der Waals surface area contributed by atoms with Gasteiger partial charge in [-0.15, -0.1) is 10.2 Å². The van der Waals surface area contributed by atoms with Gasteiger partial charge in [0.05, 0.1) is 21.5 Å². The summed E-state index contributed by atoms with van der Waals surface area (Å²) in [4.78, 5) is 30.6. The van der Waals surface area contributed by atoms with Crippen molar-refractivity contribution in [2.45, 2.75) is 16.5 Å². The molecule has 0 saturated carbocycles. The maximum atomic E-state index is 13.3. The van der Waals surface area contributed by atoms with Crippen LogP contribution in [0.15, 0.2) is 106 Å². The highest BCUT2D eigenvalue weighted by molar-refractivity contribution is 7.99. The minimum Gasteiger partial charge on any atom is -0.326 e. The topological polar surface area (TPSA) is 136 Å². The van der Waals surface area contributed by atoms with Crippen LogP contribution in [0.4, 0.5) is 11.5 Å². The molecule has 13 heteroatoms. The van der Waals surface area contributed by atoms with E-state index in [4.69, 9.17) is 11.6 Å². The number of amides is 1. The molecule has 2 N–H and O–H groups in total. The van der Waals surface area contributed by atoms with E-state index < -0.39 is 10.0 Å². The number of hydrogen-bond acceptors (Lipinski definition) is 8. The van der Waals surface area contributed by atoms with Gasteiger partial charge in [-0.25, -0.2) is 13.4 Å². The van der Waals surface area contributed by atoms with E-state index in [1.807, 2.05) is 36.4 Å². The van der Waals surface area contributed by atoms with Crippen molar-refractivity contribution in [1.82, 2.24) is 19.7 Å². The number of carbonyl (C=O) groups excluding carboxylic acids is 1. The van der Waals surface area contributed by atoms with Crippen LogP contribution in [0, 0.1) is 0 Å². The number of carbonyl (C=O) groups is 1. The SMILES string of the molecule is O=C(CCSc1nc2ccccc2c(=O)n1-c1ccccc1)Nc1ccc(S(=O)(=O)Nc2ccc(Cl)nn2)cc1. The summed E-state index contributed by atoms with van der Waals surface area (Å²) < 4.78 is 29.1. The molecule has 10 nitrogen and oxygen atoms in total. The number of aromatic nitrogens is 4. The van der Waals surface area contributed by atoms with Gasteiger partial charge in [0.1, 0.15) is 0 Å². The van der Waals surface area contributed by atoms with Gasteiger partial charge in [-0.1, -0.05) is 53.7 Å². The Balaban J connectivity index is 1.24. The molecule has 0 unspecified atom stereocenters. The second-order valence-electron chi connectivity index (χ2n) is 8.41. The highest BCUT2D eigenvalue weighted by Gasteiger charge is 2.16. The van der Waals surface area contributed by atoms with Crippen LogP contribution in [0.1, 0.15) is 6.42 Å². The number of anilines is 2. The number of thioether (sulfide) groups is 1. The Morgan fingerprint density at radius 1 is 0.900 bits per heavy atom. The lowest BCUT2D eigenvalue weighted by Gasteiger charge is -2.13. The molecule has 0 atom stereocenters. The Bertz CT molecular complexity index is 1830. The number of rotatable bonds is 9. The Hall–Kier alpha value is -4.26. The van der Waals surface area contributed by atoms with E-state index in [0.717, 1.165) is 0 Å². The number of benzene rings is 3. The van der Waals surface area contributed by atoms with Crippen molar-refractivity contribution in [3.05, 3.63) is 107 Å². The normalized spacial score (nSPS) is 11.3. The molecule has 5 aromatic rings. The first-order valence-corrected chi connectivity index (χ1v) is 14.8. The maximum absolute atomic E-state index is 13.3. The van der Waals surface area contributed by atoms with Crippen molar-refractivity contribution in [2.24, 2.45) is 0 Å². The lowest BCUT2D eigenvalue weighted by Crippen LogP contribution is -2.22. The van der Waals surface area contributed by atoms with E-state index in [2.05, 4.69) is 25.2 Å². The molecule has 3 aromatic carbocycles. The Morgan fingerprint density at radius 2 is 1.62 bits per heavy atom. The summed E-state index contributed by atoms with van der Waals surface area (Å²) in [7, 11) is -3.91. The van der Waals surface area contributed by atoms with Crippen LogP contribution < -0.4 is 15.6 Å². The molecule has 1 amide bonds. The first-order valence-electron chi connectivity index (χ1n) is 11.9. The van der Waals surface area contributed by atoms with E-state index in [9.17, 15) is 18.0 Å². The van der Waals surface area contributed by atoms with Crippen molar-refractivity contribution < 1.29 is 13.2 Å². The largest absolute Gasteiger partial charge is 0.326 e. The molecule has 2 heterocycles. The Labute approximate surface area is 238 Å². The molecule has 0 saturated heterocycles. The quantitative estimate of drug-likeness (QED) is 0.185. The van der Waals surface area contributed by atoms with Crippen LogP contribution >= 0.6 is 23.4 Å². The summed E-state index contributed by atoms with van der Waals surface area (Å²) in [5.74, 6) is 0.118. The van der Waals surface area contributed by atoms with Crippen molar-refractivity contribution >= 4 is 61.7 Å². The monoisotopic (exact) mass is 592 g/mol. The minimum absolute atomic E-state index is 0.0148. The maximum Gasteiger partial charge on any atom is 0.266 e. The molecule has 0 aliphatic carbocycles. The van der Waals surface area contributed by atoms with E-state index in [-0.39, 0.29) is 33.8 Å². The minimum atomic E-state index is -3.91. The van der Waals surface area contributed by atoms with Gasteiger partial charge in [-0.2, -0.15) is 0 Å². The molecule has 0 spiro atoms. The molecule has 5 rings (SSSR count). The molecule has 0 radical (unpaired) electrons. The average Bonchev–Trinajstić information content (AvgIpc) is 2.95. The van der Waals surface area contributed by atoms with Gasteiger partial charge in [-0.3, -0.25) is 18.9 Å². The predicted molar refractivity (Wildman–Crippen MR) is 156 cm³/mol. The number of nitrogens with zero attached hydrogens (tertiary/aromatic N) is 4. The molecule has 40 heavy (non-hydrogen) atoms. The lowest BCUT2D eigenvalue weighted by atomic mass is 10.2. The first-order chi connectivity index (χ1) is 19.3. The smallest absolute Gasteiger partial charge is 0.266 e. The highest BCUT2D eigenvalue weighted by atomic mass is 35.5. The number of nitrogens with one attached hydrogen (secondary N) is 2. The van der Waals surface area contributed by atoms with Gasteiger partial charge in [0, 0.05) is 17.9 Å². The molecular weight excluding hydrogens is 572 g/mol. The third kappa shape index (κ3) is 6.30. The fourth-order valence-electron chi connectivity index (χ4n) is 3.76. The summed E-state index contributed by atoms with van der Waals surface area (Å²) >= 11 is 6.98. The van der Waals surface area contributed by atoms with Crippen LogP contribution in [0.5, 0.6) is 0 Å². The molecule has 0 bridgehead atoms. The number of hydrogen-bond donors (Lipinski definition) is 2. The zero-order valence-electron chi connectivity index (χ0n) is 20.7. The standard InChI is InChI=1S/C27H21ClN6O4S2/c28-23-14-15-24(32-31-23)33-40(37,38)20-12-10-18(11-13-20)29-25(35)16-17-39-27-30-22-9-5-4-8-21(22)26(36)34(27)19-6-2-1-3-7-19/h1-15H,16-17H2,(H,29,35)(H,32,33). The second kappa shape index (κ2) is 11.9. The van der Waals surface area contributed by atoms with Crippen molar-refractivity contribution in [2.75, 3.05) is 15.8 Å². The van der Waals surface area contributed by atoms with Crippen molar-refractivity contribution in [3.8, 4) is 5.69 Å². The third-order valence-electron chi connectivity index (χ3n) is 5.64. The Kier molecular flexibility index (Phi) is 8.10. The summed E-state index contributed by atoms with van der Waals surface area (Å²) in [5, 5.41) is 11.2. The zero-order chi connectivity index (χ0) is 28.1. The molecule has 0 aliphatic heterocycles. The number of fused-ring (bicyclic) bond motifs is 1. The number of halogens is 1. The summed E-state index contributed by atoms with van der Waals surface area (Å²) in [6, 6.07) is 24.9. The van der Waals surface area contributed by atoms with Crippen LogP contribution in [-0.4, -0.2) is 39.8 Å². The lowest BCUT2D eigenvalue weighted by molar-refractivity contribution is -0.115. The fourth-order valence-corrected chi connectivity index (χ4v) is 5.80. The highest BCUT2D eigenvalue weighted by Crippen LogP contribution is 2.23. The van der Waals surface area contributed by atoms with Crippen LogP contribution in [0.25, 0.3) is 16.6 Å². The number of sulfonamides is 1. The van der Waals surface area contributed by atoms with Crippen molar-refractivity contribution in [3.63, 3.8) is 0 Å².